The minimum atomic E-state index is -0.330. The van der Waals surface area contributed by atoms with E-state index in [0.29, 0.717) is 29.9 Å². The zero-order chi connectivity index (χ0) is 16.7. The third-order valence-corrected chi connectivity index (χ3v) is 4.29. The molecule has 3 N–H and O–H groups in total. The standard InChI is InChI=1S/C16H23BrFN3O2.ClH/c17-13-8-14(18)10-15(9-13)23-7-6-21-5-1-2-12(11-21)16(22)20-4-3-19;/h8-10,12H,1-7,11,19H2,(H,20,22);1H. The average Bonchev–Trinajstić information content (AvgIpc) is 2.52. The Morgan fingerprint density at radius 3 is 2.96 bits per heavy atom. The van der Waals surface area contributed by atoms with Crippen LogP contribution in [0.1, 0.15) is 12.8 Å². The Labute approximate surface area is 156 Å². The molecular weight excluding hydrogens is 401 g/mol. The summed E-state index contributed by atoms with van der Waals surface area (Å²) >= 11 is 3.24. The Kier molecular flexibility index (Phi) is 9.58. The number of carbonyl (C=O) groups is 1. The molecule has 0 aromatic heterocycles. The lowest BCUT2D eigenvalue weighted by Crippen LogP contribution is -2.45. The van der Waals surface area contributed by atoms with Crippen molar-refractivity contribution in [3.05, 3.63) is 28.5 Å². The van der Waals surface area contributed by atoms with Gasteiger partial charge in [-0.15, -0.1) is 12.4 Å². The zero-order valence-corrected chi connectivity index (χ0v) is 15.9. The predicted molar refractivity (Wildman–Crippen MR) is 98.1 cm³/mol. The molecule has 0 spiro atoms. The van der Waals surface area contributed by atoms with Gasteiger partial charge in [-0.05, 0) is 31.5 Å². The van der Waals surface area contributed by atoms with Gasteiger partial charge < -0.3 is 15.8 Å². The molecule has 24 heavy (non-hydrogen) atoms. The Bertz CT molecular complexity index is 516. The number of likely N-dealkylation sites (tertiary alicyclic amines) is 1. The largest absolute Gasteiger partial charge is 0.492 e. The van der Waals surface area contributed by atoms with Crippen LogP contribution in [0.25, 0.3) is 0 Å². The third kappa shape index (κ3) is 6.93. The molecule has 1 fully saturated rings. The molecule has 1 aromatic rings. The van der Waals surface area contributed by atoms with E-state index in [-0.39, 0.29) is 30.0 Å². The van der Waals surface area contributed by atoms with Gasteiger partial charge in [0.1, 0.15) is 18.2 Å². The first kappa shape index (κ1) is 21.2. The highest BCUT2D eigenvalue weighted by atomic mass is 79.9. The third-order valence-electron chi connectivity index (χ3n) is 3.83. The van der Waals surface area contributed by atoms with Gasteiger partial charge in [0.15, 0.2) is 0 Å². The first-order valence-electron chi connectivity index (χ1n) is 7.87. The number of ether oxygens (including phenoxy) is 1. The highest BCUT2D eigenvalue weighted by molar-refractivity contribution is 9.10. The maximum absolute atomic E-state index is 13.3. The number of hydrogen-bond donors (Lipinski definition) is 2. The number of rotatable bonds is 7. The molecule has 1 aliphatic rings. The van der Waals surface area contributed by atoms with Crippen molar-refractivity contribution in [1.82, 2.24) is 10.2 Å². The van der Waals surface area contributed by atoms with E-state index in [1.54, 1.807) is 6.07 Å². The first-order valence-corrected chi connectivity index (χ1v) is 8.67. The molecule has 1 aromatic carbocycles. The van der Waals surface area contributed by atoms with Crippen molar-refractivity contribution in [3.8, 4) is 5.75 Å². The summed E-state index contributed by atoms with van der Waals surface area (Å²) in [5.74, 6) is 0.267. The molecule has 5 nitrogen and oxygen atoms in total. The number of nitrogens with zero attached hydrogens (tertiary/aromatic N) is 1. The Morgan fingerprint density at radius 2 is 2.25 bits per heavy atom. The molecule has 1 unspecified atom stereocenters. The van der Waals surface area contributed by atoms with E-state index < -0.39 is 0 Å². The molecule has 8 heteroatoms. The second-order valence-electron chi connectivity index (χ2n) is 5.67. The van der Waals surface area contributed by atoms with Crippen molar-refractivity contribution in [2.24, 2.45) is 11.7 Å². The van der Waals surface area contributed by atoms with Crippen LogP contribution in [0.4, 0.5) is 4.39 Å². The lowest BCUT2D eigenvalue weighted by Gasteiger charge is -2.31. The molecule has 1 heterocycles. The Balaban J connectivity index is 0.00000288. The number of hydrogen-bond acceptors (Lipinski definition) is 4. The predicted octanol–water partition coefficient (Wildman–Crippen LogP) is 2.18. The molecule has 2 rings (SSSR count). The van der Waals surface area contributed by atoms with E-state index >= 15 is 0 Å². The van der Waals surface area contributed by atoms with Gasteiger partial charge >= 0.3 is 0 Å². The maximum Gasteiger partial charge on any atom is 0.224 e. The van der Waals surface area contributed by atoms with Crippen molar-refractivity contribution in [2.45, 2.75) is 12.8 Å². The van der Waals surface area contributed by atoms with Crippen LogP contribution in [-0.2, 0) is 4.79 Å². The highest BCUT2D eigenvalue weighted by Crippen LogP contribution is 2.21. The van der Waals surface area contributed by atoms with Crippen LogP contribution in [0.15, 0.2) is 22.7 Å². The highest BCUT2D eigenvalue weighted by Gasteiger charge is 2.25. The molecule has 0 saturated carbocycles. The summed E-state index contributed by atoms with van der Waals surface area (Å²) < 4.78 is 19.5. The smallest absolute Gasteiger partial charge is 0.224 e. The van der Waals surface area contributed by atoms with E-state index in [9.17, 15) is 9.18 Å². The van der Waals surface area contributed by atoms with Crippen LogP contribution >= 0.6 is 28.3 Å². The average molecular weight is 425 g/mol. The fourth-order valence-electron chi connectivity index (χ4n) is 2.72. The Hall–Kier alpha value is -0.890. The second-order valence-corrected chi connectivity index (χ2v) is 6.59. The normalized spacial score (nSPS) is 17.9. The fourth-order valence-corrected chi connectivity index (χ4v) is 3.16. The summed E-state index contributed by atoms with van der Waals surface area (Å²) in [6.45, 7) is 3.84. The number of amides is 1. The maximum atomic E-state index is 13.3. The van der Waals surface area contributed by atoms with E-state index in [0.717, 1.165) is 32.5 Å². The number of halogens is 3. The molecule has 0 radical (unpaired) electrons. The summed E-state index contributed by atoms with van der Waals surface area (Å²) in [5.41, 5.74) is 5.40. The van der Waals surface area contributed by atoms with Crippen LogP contribution in [0.2, 0.25) is 0 Å². The first-order chi connectivity index (χ1) is 11.1. The van der Waals surface area contributed by atoms with Gasteiger partial charge in [0.2, 0.25) is 5.91 Å². The second kappa shape index (κ2) is 10.9. The van der Waals surface area contributed by atoms with Crippen LogP contribution in [-0.4, -0.2) is 50.1 Å². The lowest BCUT2D eigenvalue weighted by molar-refractivity contribution is -0.126. The SMILES string of the molecule is Cl.NCCNC(=O)C1CCCN(CCOc2cc(F)cc(Br)c2)C1. The lowest BCUT2D eigenvalue weighted by atomic mass is 9.97. The van der Waals surface area contributed by atoms with Crippen molar-refractivity contribution in [3.63, 3.8) is 0 Å². The summed E-state index contributed by atoms with van der Waals surface area (Å²) in [4.78, 5) is 14.2. The van der Waals surface area contributed by atoms with Crippen molar-refractivity contribution < 1.29 is 13.9 Å². The van der Waals surface area contributed by atoms with E-state index in [4.69, 9.17) is 10.5 Å². The van der Waals surface area contributed by atoms with Gasteiger partial charge in [-0.3, -0.25) is 9.69 Å². The zero-order valence-electron chi connectivity index (χ0n) is 13.5. The molecule has 0 aliphatic carbocycles. The molecule has 136 valence electrons. The van der Waals surface area contributed by atoms with Gasteiger partial charge in [0, 0.05) is 36.7 Å². The molecular formula is C16H24BrClFN3O2. The minimum absolute atomic E-state index is 0. The van der Waals surface area contributed by atoms with Crippen LogP contribution in [0.5, 0.6) is 5.75 Å². The minimum Gasteiger partial charge on any atom is -0.492 e. The number of nitrogens with two attached hydrogens (primary N) is 1. The molecule has 1 aliphatic heterocycles. The number of piperidine rings is 1. The van der Waals surface area contributed by atoms with Crippen LogP contribution < -0.4 is 15.8 Å². The topological polar surface area (TPSA) is 67.6 Å². The quantitative estimate of drug-likeness (QED) is 0.704. The van der Waals surface area contributed by atoms with Gasteiger partial charge in [-0.25, -0.2) is 4.39 Å². The van der Waals surface area contributed by atoms with Gasteiger partial charge in [-0.2, -0.15) is 0 Å². The molecule has 1 atom stereocenters. The van der Waals surface area contributed by atoms with Crippen molar-refractivity contribution >= 4 is 34.2 Å². The van der Waals surface area contributed by atoms with Gasteiger partial charge in [0.25, 0.3) is 0 Å². The molecule has 1 saturated heterocycles. The van der Waals surface area contributed by atoms with Crippen LogP contribution in [0.3, 0.4) is 0 Å². The number of nitrogens with one attached hydrogen (secondary N) is 1. The Morgan fingerprint density at radius 1 is 1.46 bits per heavy atom. The molecule has 0 bridgehead atoms. The number of carbonyl (C=O) groups excluding carboxylic acids is 1. The van der Waals surface area contributed by atoms with E-state index in [1.165, 1.54) is 12.1 Å². The van der Waals surface area contributed by atoms with E-state index in [2.05, 4.69) is 26.1 Å². The summed E-state index contributed by atoms with van der Waals surface area (Å²) in [5, 5.41) is 2.85. The monoisotopic (exact) mass is 423 g/mol. The summed E-state index contributed by atoms with van der Waals surface area (Å²) in [6, 6.07) is 4.49. The van der Waals surface area contributed by atoms with Crippen molar-refractivity contribution in [2.75, 3.05) is 39.3 Å². The van der Waals surface area contributed by atoms with Crippen molar-refractivity contribution in [1.29, 1.82) is 0 Å². The number of benzene rings is 1. The molecule has 1 amide bonds. The summed E-state index contributed by atoms with van der Waals surface area (Å²) in [6.07, 6.45) is 1.90. The fraction of sp³-hybridized carbons (Fsp3) is 0.562. The van der Waals surface area contributed by atoms with Gasteiger partial charge in [0.05, 0.1) is 5.92 Å². The van der Waals surface area contributed by atoms with Gasteiger partial charge in [-0.1, -0.05) is 15.9 Å². The van der Waals surface area contributed by atoms with Crippen LogP contribution in [0, 0.1) is 11.7 Å². The van der Waals surface area contributed by atoms with E-state index in [1.807, 2.05) is 0 Å². The summed E-state index contributed by atoms with van der Waals surface area (Å²) in [7, 11) is 0.